The molecule has 1 unspecified atom stereocenters. The first-order valence-corrected chi connectivity index (χ1v) is 12.1. The zero-order valence-electron chi connectivity index (χ0n) is 20.1. The van der Waals surface area contributed by atoms with Crippen LogP contribution in [-0.4, -0.2) is 60.9 Å². The summed E-state index contributed by atoms with van der Waals surface area (Å²) >= 11 is 0. The number of guanidine groups is 1. The third kappa shape index (κ3) is 7.90. The first kappa shape index (κ1) is 26.9. The number of nitrogens with zero attached hydrogens (tertiary/aromatic N) is 3. The van der Waals surface area contributed by atoms with Crippen molar-refractivity contribution in [2.24, 2.45) is 10.9 Å². The van der Waals surface area contributed by atoms with E-state index in [-0.39, 0.29) is 29.9 Å². The van der Waals surface area contributed by atoms with Crippen molar-refractivity contribution in [2.75, 3.05) is 33.2 Å². The molecule has 0 radical (unpaired) electrons. The van der Waals surface area contributed by atoms with E-state index in [2.05, 4.69) is 58.6 Å². The number of aliphatic imine (C=N–C) groups is 1. The van der Waals surface area contributed by atoms with Crippen molar-refractivity contribution < 1.29 is 4.79 Å². The number of benzene rings is 1. The van der Waals surface area contributed by atoms with Crippen molar-refractivity contribution in [3.05, 3.63) is 35.4 Å². The molecule has 2 aliphatic heterocycles. The molecular weight excluding hydrogens is 513 g/mol. The van der Waals surface area contributed by atoms with E-state index in [0.29, 0.717) is 31.5 Å². The zero-order valence-corrected chi connectivity index (χ0v) is 22.4. The van der Waals surface area contributed by atoms with E-state index in [0.717, 1.165) is 25.5 Å². The first-order valence-electron chi connectivity index (χ1n) is 12.1. The Hall–Kier alpha value is -1.35. The molecule has 1 aromatic carbocycles. The summed E-state index contributed by atoms with van der Waals surface area (Å²) in [6.07, 6.45) is 7.01. The number of hydrogen-bond donors (Lipinski definition) is 2. The van der Waals surface area contributed by atoms with E-state index in [4.69, 9.17) is 0 Å². The molecule has 0 spiro atoms. The van der Waals surface area contributed by atoms with Crippen LogP contribution in [-0.2, 0) is 17.9 Å². The Bertz CT molecular complexity index is 731. The molecule has 2 aliphatic rings. The Balaban J connectivity index is 0.00000363. The highest BCUT2D eigenvalue weighted by atomic mass is 127. The van der Waals surface area contributed by atoms with E-state index < -0.39 is 0 Å². The van der Waals surface area contributed by atoms with Crippen LogP contribution in [0.5, 0.6) is 0 Å². The average molecular weight is 556 g/mol. The lowest BCUT2D eigenvalue weighted by atomic mass is 10.0. The van der Waals surface area contributed by atoms with Crippen LogP contribution in [0.2, 0.25) is 0 Å². The highest BCUT2D eigenvalue weighted by molar-refractivity contribution is 14.0. The molecule has 1 atom stereocenters. The van der Waals surface area contributed by atoms with Crippen LogP contribution in [0, 0.1) is 5.92 Å². The number of carbonyl (C=O) groups is 1. The molecule has 2 N–H and O–H groups in total. The van der Waals surface area contributed by atoms with Gasteiger partial charge in [-0.25, -0.2) is 0 Å². The number of nitrogens with one attached hydrogen (secondary N) is 2. The fraction of sp³-hybridized carbons (Fsp3) is 0.680. The lowest BCUT2D eigenvalue weighted by molar-refractivity contribution is -0.128. The van der Waals surface area contributed by atoms with Gasteiger partial charge in [-0.3, -0.25) is 14.7 Å². The summed E-state index contributed by atoms with van der Waals surface area (Å²) in [5.74, 6) is 1.71. The molecule has 0 saturated carbocycles. The maximum absolute atomic E-state index is 12.0. The smallest absolute Gasteiger partial charge is 0.222 e. The molecule has 0 aliphatic carbocycles. The molecule has 3 rings (SSSR count). The van der Waals surface area contributed by atoms with Gasteiger partial charge in [0, 0.05) is 45.7 Å². The number of hydrogen-bond acceptors (Lipinski definition) is 3. The Morgan fingerprint density at radius 3 is 2.28 bits per heavy atom. The number of amides is 1. The minimum Gasteiger partial charge on any atom is -0.355 e. The van der Waals surface area contributed by atoms with Crippen LogP contribution in [0.25, 0.3) is 0 Å². The molecule has 2 saturated heterocycles. The number of rotatable bonds is 8. The molecule has 0 aromatic heterocycles. The van der Waals surface area contributed by atoms with Crippen LogP contribution in [0.3, 0.4) is 0 Å². The van der Waals surface area contributed by atoms with Gasteiger partial charge in [-0.1, -0.05) is 51.0 Å². The van der Waals surface area contributed by atoms with Crippen molar-refractivity contribution in [1.82, 2.24) is 20.4 Å². The second-order valence-electron chi connectivity index (χ2n) is 9.26. The SMILES string of the molecule is CN=C(NCc1ccccc1CN1CCCC1=O)NCC(C(C)C)N1CCCCCC1.I. The van der Waals surface area contributed by atoms with E-state index in [1.54, 1.807) is 0 Å². The van der Waals surface area contributed by atoms with Gasteiger partial charge in [-0.15, -0.1) is 24.0 Å². The number of halogens is 1. The van der Waals surface area contributed by atoms with Gasteiger partial charge in [-0.05, 0) is 49.4 Å². The second kappa shape index (κ2) is 14.0. The average Bonchev–Trinajstić information content (AvgIpc) is 3.00. The van der Waals surface area contributed by atoms with Crippen LogP contribution < -0.4 is 10.6 Å². The highest BCUT2D eigenvalue weighted by Crippen LogP contribution is 2.18. The summed E-state index contributed by atoms with van der Waals surface area (Å²) in [6.45, 7) is 10.2. The topological polar surface area (TPSA) is 60.0 Å². The zero-order chi connectivity index (χ0) is 22.1. The summed E-state index contributed by atoms with van der Waals surface area (Å²) in [5.41, 5.74) is 2.43. The molecule has 0 bridgehead atoms. The van der Waals surface area contributed by atoms with E-state index in [1.807, 2.05) is 11.9 Å². The van der Waals surface area contributed by atoms with Crippen LogP contribution >= 0.6 is 24.0 Å². The fourth-order valence-corrected chi connectivity index (χ4v) is 4.78. The summed E-state index contributed by atoms with van der Waals surface area (Å²) in [5, 5.41) is 7.06. The molecule has 1 amide bonds. The van der Waals surface area contributed by atoms with E-state index >= 15 is 0 Å². The summed E-state index contributed by atoms with van der Waals surface area (Å²) < 4.78 is 0. The minimum atomic E-state index is 0. The fourth-order valence-electron chi connectivity index (χ4n) is 4.78. The second-order valence-corrected chi connectivity index (χ2v) is 9.26. The van der Waals surface area contributed by atoms with Crippen molar-refractivity contribution in [2.45, 2.75) is 71.5 Å². The maximum atomic E-state index is 12.0. The Morgan fingerprint density at radius 2 is 1.69 bits per heavy atom. The summed E-state index contributed by atoms with van der Waals surface area (Å²) in [6, 6.07) is 8.92. The van der Waals surface area contributed by atoms with Crippen molar-refractivity contribution in [3.63, 3.8) is 0 Å². The molecule has 2 heterocycles. The minimum absolute atomic E-state index is 0. The normalized spacial score (nSPS) is 18.9. The Kier molecular flexibility index (Phi) is 11.8. The van der Waals surface area contributed by atoms with Crippen molar-refractivity contribution in [1.29, 1.82) is 0 Å². The molecule has 180 valence electrons. The summed E-state index contributed by atoms with van der Waals surface area (Å²) in [4.78, 5) is 21.1. The monoisotopic (exact) mass is 555 g/mol. The third-order valence-electron chi connectivity index (χ3n) is 6.68. The van der Waals surface area contributed by atoms with Gasteiger partial charge < -0.3 is 15.5 Å². The lowest BCUT2D eigenvalue weighted by Gasteiger charge is -2.34. The maximum Gasteiger partial charge on any atom is 0.222 e. The molecular formula is C25H42IN5O. The predicted molar refractivity (Wildman–Crippen MR) is 143 cm³/mol. The third-order valence-corrected chi connectivity index (χ3v) is 6.68. The van der Waals surface area contributed by atoms with Crippen LogP contribution in [0.15, 0.2) is 29.3 Å². The molecule has 32 heavy (non-hydrogen) atoms. The number of carbonyl (C=O) groups excluding carboxylic acids is 1. The standard InChI is InChI=1S/C25H41N5O.HI/c1-20(2)23(29-14-8-4-5-9-15-29)18-28-25(26-3)27-17-21-11-6-7-12-22(21)19-30-16-10-13-24(30)31;/h6-7,11-12,20,23H,4-5,8-10,13-19H2,1-3H3,(H2,26,27,28);1H. The first-order chi connectivity index (χ1) is 15.1. The number of likely N-dealkylation sites (tertiary alicyclic amines) is 2. The quantitative estimate of drug-likeness (QED) is 0.290. The van der Waals surface area contributed by atoms with Gasteiger partial charge in [0.2, 0.25) is 5.91 Å². The van der Waals surface area contributed by atoms with Gasteiger partial charge in [0.25, 0.3) is 0 Å². The molecule has 7 heteroatoms. The van der Waals surface area contributed by atoms with Crippen molar-refractivity contribution >= 4 is 35.8 Å². The largest absolute Gasteiger partial charge is 0.355 e. The molecule has 6 nitrogen and oxygen atoms in total. The highest BCUT2D eigenvalue weighted by Gasteiger charge is 2.23. The van der Waals surface area contributed by atoms with Gasteiger partial charge in [0.05, 0.1) is 0 Å². The van der Waals surface area contributed by atoms with E-state index in [1.165, 1.54) is 49.9 Å². The van der Waals surface area contributed by atoms with Crippen LogP contribution in [0.1, 0.15) is 63.5 Å². The van der Waals surface area contributed by atoms with E-state index in [9.17, 15) is 4.79 Å². The van der Waals surface area contributed by atoms with Gasteiger partial charge in [0.15, 0.2) is 5.96 Å². The van der Waals surface area contributed by atoms with Crippen molar-refractivity contribution in [3.8, 4) is 0 Å². The lowest BCUT2D eigenvalue weighted by Crippen LogP contribution is -2.49. The predicted octanol–water partition coefficient (Wildman–Crippen LogP) is 3.99. The van der Waals surface area contributed by atoms with Gasteiger partial charge >= 0.3 is 0 Å². The molecule has 2 fully saturated rings. The van der Waals surface area contributed by atoms with Gasteiger partial charge in [-0.2, -0.15) is 0 Å². The Labute approximate surface area is 211 Å². The summed E-state index contributed by atoms with van der Waals surface area (Å²) in [7, 11) is 1.83. The van der Waals surface area contributed by atoms with Crippen LogP contribution in [0.4, 0.5) is 0 Å². The Morgan fingerprint density at radius 1 is 1.00 bits per heavy atom. The van der Waals surface area contributed by atoms with Gasteiger partial charge in [0.1, 0.15) is 0 Å². The molecule has 1 aromatic rings.